The van der Waals surface area contributed by atoms with E-state index in [0.717, 1.165) is 0 Å². The van der Waals surface area contributed by atoms with Gasteiger partial charge in [-0.3, -0.25) is 0 Å². The molecule has 0 atom stereocenters. The predicted molar refractivity (Wildman–Crippen MR) is 87.8 cm³/mol. The highest BCUT2D eigenvalue weighted by Gasteiger charge is 2.08. The average molecular weight is 318 g/mol. The molecule has 2 aromatic carbocycles. The van der Waals surface area contributed by atoms with Gasteiger partial charge < -0.3 is 20.1 Å². The van der Waals surface area contributed by atoms with Crippen LogP contribution in [0.15, 0.2) is 42.5 Å². The van der Waals surface area contributed by atoms with Crippen LogP contribution in [0, 0.1) is 5.82 Å². The Morgan fingerprint density at radius 1 is 0.913 bits per heavy atom. The van der Waals surface area contributed by atoms with Crippen LogP contribution < -0.4 is 20.1 Å². The maximum absolute atomic E-state index is 12.8. The number of rotatable bonds is 6. The number of nitrogens with one attached hydrogen (secondary N) is 2. The van der Waals surface area contributed by atoms with Crippen molar-refractivity contribution in [3.05, 3.63) is 48.3 Å². The van der Waals surface area contributed by atoms with Gasteiger partial charge in [0, 0.05) is 17.4 Å². The summed E-state index contributed by atoms with van der Waals surface area (Å²) in [4.78, 5) is 12.0. The molecule has 0 saturated carbocycles. The van der Waals surface area contributed by atoms with E-state index < -0.39 is 6.03 Å². The summed E-state index contributed by atoms with van der Waals surface area (Å²) in [6.45, 7) is 4.78. The van der Waals surface area contributed by atoms with Gasteiger partial charge in [-0.05, 0) is 50.2 Å². The van der Waals surface area contributed by atoms with Crippen LogP contribution in [0.5, 0.6) is 11.5 Å². The van der Waals surface area contributed by atoms with E-state index in [1.807, 2.05) is 13.8 Å². The van der Waals surface area contributed by atoms with E-state index in [1.54, 1.807) is 18.2 Å². The minimum Gasteiger partial charge on any atom is -0.490 e. The summed E-state index contributed by atoms with van der Waals surface area (Å²) in [5, 5.41) is 5.31. The van der Waals surface area contributed by atoms with Gasteiger partial charge in [-0.1, -0.05) is 0 Å². The largest absolute Gasteiger partial charge is 0.490 e. The molecule has 0 aliphatic carbocycles. The van der Waals surface area contributed by atoms with E-state index >= 15 is 0 Å². The third kappa shape index (κ3) is 4.88. The van der Waals surface area contributed by atoms with Crippen molar-refractivity contribution < 1.29 is 18.7 Å². The minimum absolute atomic E-state index is 0.358. The number of anilines is 2. The van der Waals surface area contributed by atoms with E-state index in [-0.39, 0.29) is 5.82 Å². The van der Waals surface area contributed by atoms with E-state index in [1.165, 1.54) is 24.3 Å². The summed E-state index contributed by atoms with van der Waals surface area (Å²) < 4.78 is 23.8. The van der Waals surface area contributed by atoms with Crippen molar-refractivity contribution in [3.63, 3.8) is 0 Å². The Hall–Kier alpha value is -2.76. The lowest BCUT2D eigenvalue weighted by molar-refractivity contribution is 0.262. The zero-order valence-corrected chi connectivity index (χ0v) is 13.1. The Balaban J connectivity index is 2.05. The first-order valence-corrected chi connectivity index (χ1v) is 7.35. The summed E-state index contributed by atoms with van der Waals surface area (Å²) in [6, 6.07) is 10.2. The first kappa shape index (κ1) is 16.6. The molecule has 2 amide bonds. The van der Waals surface area contributed by atoms with Crippen molar-refractivity contribution >= 4 is 17.4 Å². The second-order valence-electron chi connectivity index (χ2n) is 4.61. The molecule has 23 heavy (non-hydrogen) atoms. The molecule has 0 unspecified atom stereocenters. The number of hydrogen-bond donors (Lipinski definition) is 2. The van der Waals surface area contributed by atoms with Gasteiger partial charge in [0.1, 0.15) is 5.82 Å². The smallest absolute Gasteiger partial charge is 0.323 e. The van der Waals surface area contributed by atoms with Gasteiger partial charge in [0.2, 0.25) is 0 Å². The Kier molecular flexibility index (Phi) is 5.80. The standard InChI is InChI=1S/C17H19FN2O3/c1-3-22-15-10-9-14(11-16(15)23-4-2)20-17(21)19-13-7-5-12(18)6-8-13/h5-11H,3-4H2,1-2H3,(H2,19,20,21). The van der Waals surface area contributed by atoms with Crippen LogP contribution >= 0.6 is 0 Å². The second kappa shape index (κ2) is 8.03. The first-order valence-electron chi connectivity index (χ1n) is 7.35. The predicted octanol–water partition coefficient (Wildman–Crippen LogP) is 4.27. The van der Waals surface area contributed by atoms with Crippen LogP contribution in [0.4, 0.5) is 20.6 Å². The Morgan fingerprint density at radius 3 is 2.13 bits per heavy atom. The Bertz CT molecular complexity index is 659. The van der Waals surface area contributed by atoms with Crippen LogP contribution in [0.3, 0.4) is 0 Å². The number of ether oxygens (including phenoxy) is 2. The highest BCUT2D eigenvalue weighted by molar-refractivity contribution is 5.99. The number of carbonyl (C=O) groups excluding carboxylic acids is 1. The van der Waals surface area contributed by atoms with Gasteiger partial charge >= 0.3 is 6.03 Å². The van der Waals surface area contributed by atoms with Crippen LogP contribution in [0.2, 0.25) is 0 Å². The third-order valence-electron chi connectivity index (χ3n) is 2.90. The number of carbonyl (C=O) groups is 1. The highest BCUT2D eigenvalue weighted by atomic mass is 19.1. The van der Waals surface area contributed by atoms with Crippen molar-refractivity contribution in [2.24, 2.45) is 0 Å². The second-order valence-corrected chi connectivity index (χ2v) is 4.61. The summed E-state index contributed by atoms with van der Waals surface area (Å²) >= 11 is 0. The molecule has 5 nitrogen and oxygen atoms in total. The van der Waals surface area contributed by atoms with Crippen LogP contribution in [-0.4, -0.2) is 19.2 Å². The topological polar surface area (TPSA) is 59.6 Å². The summed E-state index contributed by atoms with van der Waals surface area (Å²) in [5.41, 5.74) is 1.07. The molecule has 2 rings (SSSR count). The lowest BCUT2D eigenvalue weighted by Gasteiger charge is -2.13. The molecule has 0 spiro atoms. The van der Waals surface area contributed by atoms with E-state index in [9.17, 15) is 9.18 Å². The molecular weight excluding hydrogens is 299 g/mol. The maximum Gasteiger partial charge on any atom is 0.323 e. The molecule has 0 aromatic heterocycles. The fourth-order valence-corrected chi connectivity index (χ4v) is 1.96. The van der Waals surface area contributed by atoms with E-state index in [2.05, 4.69) is 10.6 Å². The molecule has 122 valence electrons. The summed E-state index contributed by atoms with van der Waals surface area (Å²) in [6.07, 6.45) is 0. The molecule has 0 fully saturated rings. The average Bonchev–Trinajstić information content (AvgIpc) is 2.52. The van der Waals surface area contributed by atoms with Gasteiger partial charge in [0.25, 0.3) is 0 Å². The fraction of sp³-hybridized carbons (Fsp3) is 0.235. The van der Waals surface area contributed by atoms with Gasteiger partial charge in [-0.25, -0.2) is 9.18 Å². The molecular formula is C17H19FN2O3. The summed E-state index contributed by atoms with van der Waals surface area (Å²) in [5.74, 6) is 0.830. The molecule has 0 radical (unpaired) electrons. The molecule has 0 aliphatic heterocycles. The molecule has 0 aliphatic rings. The monoisotopic (exact) mass is 318 g/mol. The SMILES string of the molecule is CCOc1ccc(NC(=O)Nc2ccc(F)cc2)cc1OCC. The Morgan fingerprint density at radius 2 is 1.48 bits per heavy atom. The van der Waals surface area contributed by atoms with Gasteiger partial charge in [-0.15, -0.1) is 0 Å². The molecule has 6 heteroatoms. The van der Waals surface area contributed by atoms with Crippen LogP contribution in [0.25, 0.3) is 0 Å². The molecule has 2 aromatic rings. The maximum atomic E-state index is 12.8. The fourth-order valence-electron chi connectivity index (χ4n) is 1.96. The number of hydrogen-bond acceptors (Lipinski definition) is 3. The zero-order chi connectivity index (χ0) is 16.7. The Labute approximate surface area is 134 Å². The molecule has 0 saturated heterocycles. The minimum atomic E-state index is -0.428. The van der Waals surface area contributed by atoms with Crippen molar-refractivity contribution in [2.45, 2.75) is 13.8 Å². The number of halogens is 1. The highest BCUT2D eigenvalue weighted by Crippen LogP contribution is 2.30. The van der Waals surface area contributed by atoms with Crippen molar-refractivity contribution in [2.75, 3.05) is 23.8 Å². The van der Waals surface area contributed by atoms with Crippen LogP contribution in [0.1, 0.15) is 13.8 Å². The summed E-state index contributed by atoms with van der Waals surface area (Å²) in [7, 11) is 0. The van der Waals surface area contributed by atoms with E-state index in [4.69, 9.17) is 9.47 Å². The lowest BCUT2D eigenvalue weighted by Crippen LogP contribution is -2.19. The third-order valence-corrected chi connectivity index (χ3v) is 2.90. The molecule has 0 heterocycles. The number of urea groups is 1. The first-order chi connectivity index (χ1) is 11.1. The molecule has 2 N–H and O–H groups in total. The van der Waals surface area contributed by atoms with Crippen molar-refractivity contribution in [3.8, 4) is 11.5 Å². The van der Waals surface area contributed by atoms with Gasteiger partial charge in [-0.2, -0.15) is 0 Å². The van der Waals surface area contributed by atoms with Crippen molar-refractivity contribution in [1.29, 1.82) is 0 Å². The van der Waals surface area contributed by atoms with E-state index in [0.29, 0.717) is 36.1 Å². The van der Waals surface area contributed by atoms with Crippen molar-refractivity contribution in [1.82, 2.24) is 0 Å². The van der Waals surface area contributed by atoms with Crippen LogP contribution in [-0.2, 0) is 0 Å². The zero-order valence-electron chi connectivity index (χ0n) is 13.1. The normalized spacial score (nSPS) is 10.0. The lowest BCUT2D eigenvalue weighted by atomic mass is 10.2. The van der Waals surface area contributed by atoms with Gasteiger partial charge in [0.05, 0.1) is 13.2 Å². The number of amides is 2. The molecule has 0 bridgehead atoms. The quantitative estimate of drug-likeness (QED) is 0.836. The number of benzene rings is 2. The van der Waals surface area contributed by atoms with Gasteiger partial charge in [0.15, 0.2) is 11.5 Å².